The highest BCUT2D eigenvalue weighted by Gasteiger charge is 2.43. The molecule has 0 unspecified atom stereocenters. The minimum Gasteiger partial charge on any atom is -0.497 e. The molecule has 0 bridgehead atoms. The zero-order chi connectivity index (χ0) is 28.6. The number of rotatable bonds is 8. The standard InChI is InChI=1S/C26H28F4N8O2/c1-40-15-3-4-16(17(8-15)22(27)28)18-7-14(10-38-13-36-20-24(31)34-12-35-25(20)38)19(9-33-18)37-6-2-5-26(32,11-37)21(39)23(29)30/h3-4,7-9,12-13,21-23,39H,2,5-6,10-11,32H2,1H3,(H2,31,34,35)/t21-,26+/m0/s1. The Morgan fingerprint density at radius 1 is 1.12 bits per heavy atom. The van der Waals surface area contributed by atoms with Crippen molar-refractivity contribution in [1.29, 1.82) is 0 Å². The molecule has 0 spiro atoms. The Bertz CT molecular complexity index is 1520. The molecule has 2 atom stereocenters. The average molecular weight is 561 g/mol. The number of alkyl halides is 4. The van der Waals surface area contributed by atoms with Gasteiger partial charge in [-0.1, -0.05) is 0 Å². The molecule has 14 heteroatoms. The topological polar surface area (TPSA) is 141 Å². The number of halogens is 4. The van der Waals surface area contributed by atoms with Crippen molar-refractivity contribution in [3.63, 3.8) is 0 Å². The molecular formula is C26H28F4N8O2. The molecule has 1 aromatic carbocycles. The van der Waals surface area contributed by atoms with Crippen LogP contribution in [0.3, 0.4) is 0 Å². The van der Waals surface area contributed by atoms with Crippen molar-refractivity contribution in [2.24, 2.45) is 5.73 Å². The molecule has 5 N–H and O–H groups in total. The molecule has 0 radical (unpaired) electrons. The second kappa shape index (κ2) is 10.8. The number of hydrogen-bond acceptors (Lipinski definition) is 9. The summed E-state index contributed by atoms with van der Waals surface area (Å²) in [6, 6.07) is 6.00. The quantitative estimate of drug-likeness (QED) is 0.277. The summed E-state index contributed by atoms with van der Waals surface area (Å²) in [5.74, 6) is 0.479. The summed E-state index contributed by atoms with van der Waals surface area (Å²) in [5.41, 5.74) is 12.9. The first-order valence-electron chi connectivity index (χ1n) is 12.5. The number of ether oxygens (including phenoxy) is 1. The highest BCUT2D eigenvalue weighted by atomic mass is 19.3. The Morgan fingerprint density at radius 2 is 1.93 bits per heavy atom. The maximum atomic E-state index is 14.0. The normalized spacial score (nSPS) is 18.6. The summed E-state index contributed by atoms with van der Waals surface area (Å²) in [6.07, 6.45) is -2.81. The van der Waals surface area contributed by atoms with E-state index < -0.39 is 24.5 Å². The van der Waals surface area contributed by atoms with Crippen LogP contribution in [0.15, 0.2) is 43.1 Å². The average Bonchev–Trinajstić information content (AvgIpc) is 3.36. The van der Waals surface area contributed by atoms with Crippen molar-refractivity contribution < 1.29 is 27.4 Å². The van der Waals surface area contributed by atoms with Crippen LogP contribution in [0, 0.1) is 0 Å². The number of imidazole rings is 1. The molecule has 4 aromatic rings. The van der Waals surface area contributed by atoms with E-state index in [1.54, 1.807) is 21.6 Å². The molecule has 3 aromatic heterocycles. The maximum absolute atomic E-state index is 14.0. The Kier molecular flexibility index (Phi) is 7.47. The minimum atomic E-state index is -3.00. The van der Waals surface area contributed by atoms with Crippen molar-refractivity contribution in [1.82, 2.24) is 24.5 Å². The molecular weight excluding hydrogens is 532 g/mol. The largest absolute Gasteiger partial charge is 0.497 e. The van der Waals surface area contributed by atoms with Crippen LogP contribution >= 0.6 is 0 Å². The number of aliphatic hydroxyl groups excluding tert-OH is 1. The van der Waals surface area contributed by atoms with Gasteiger partial charge in [0.1, 0.15) is 23.7 Å². The van der Waals surface area contributed by atoms with Gasteiger partial charge in [-0.15, -0.1) is 0 Å². The molecule has 212 valence electrons. The Hall–Kier alpha value is -4.04. The first-order chi connectivity index (χ1) is 19.1. The van der Waals surface area contributed by atoms with E-state index in [-0.39, 0.29) is 47.9 Å². The predicted molar refractivity (Wildman–Crippen MR) is 140 cm³/mol. The van der Waals surface area contributed by atoms with Gasteiger partial charge in [-0.05, 0) is 42.7 Å². The van der Waals surface area contributed by atoms with E-state index in [4.69, 9.17) is 16.2 Å². The molecule has 4 heterocycles. The Morgan fingerprint density at radius 3 is 2.65 bits per heavy atom. The van der Waals surface area contributed by atoms with Gasteiger partial charge in [0.05, 0.1) is 43.1 Å². The molecule has 5 rings (SSSR count). The summed E-state index contributed by atoms with van der Waals surface area (Å²) < 4.78 is 61.7. The van der Waals surface area contributed by atoms with E-state index in [1.165, 1.54) is 38.1 Å². The number of aromatic nitrogens is 5. The van der Waals surface area contributed by atoms with E-state index in [9.17, 15) is 22.7 Å². The lowest BCUT2D eigenvalue weighted by atomic mass is 9.84. The molecule has 1 aliphatic rings. The number of methoxy groups -OCH3 is 1. The number of pyridine rings is 1. The third-order valence-corrected chi connectivity index (χ3v) is 7.23. The van der Waals surface area contributed by atoms with Gasteiger partial charge in [0.25, 0.3) is 12.9 Å². The van der Waals surface area contributed by atoms with E-state index in [1.807, 2.05) is 0 Å². The van der Waals surface area contributed by atoms with Crippen molar-refractivity contribution in [3.05, 3.63) is 54.2 Å². The number of anilines is 2. The number of aliphatic hydroxyl groups is 1. The van der Waals surface area contributed by atoms with E-state index in [0.29, 0.717) is 35.4 Å². The predicted octanol–water partition coefficient (Wildman–Crippen LogP) is 3.39. The highest BCUT2D eigenvalue weighted by Crippen LogP contribution is 2.37. The summed E-state index contributed by atoms with van der Waals surface area (Å²) in [7, 11) is 1.39. The van der Waals surface area contributed by atoms with E-state index in [0.717, 1.165) is 0 Å². The second-order valence-corrected chi connectivity index (χ2v) is 9.79. The number of fused-ring (bicyclic) bond motifs is 1. The van der Waals surface area contributed by atoms with Crippen LogP contribution in [0.2, 0.25) is 0 Å². The lowest BCUT2D eigenvalue weighted by Gasteiger charge is -2.44. The second-order valence-electron chi connectivity index (χ2n) is 9.79. The van der Waals surface area contributed by atoms with Gasteiger partial charge in [-0.3, -0.25) is 4.98 Å². The molecule has 10 nitrogen and oxygen atoms in total. The van der Waals surface area contributed by atoms with Gasteiger partial charge < -0.3 is 30.8 Å². The zero-order valence-electron chi connectivity index (χ0n) is 21.5. The van der Waals surface area contributed by atoms with Crippen LogP contribution in [0.5, 0.6) is 5.75 Å². The lowest BCUT2D eigenvalue weighted by Crippen LogP contribution is -2.63. The molecule has 0 aliphatic carbocycles. The van der Waals surface area contributed by atoms with Gasteiger partial charge in [0.2, 0.25) is 0 Å². The summed E-state index contributed by atoms with van der Waals surface area (Å²) in [4.78, 5) is 18.8. The fraction of sp³-hybridized carbons (Fsp3) is 0.385. The zero-order valence-corrected chi connectivity index (χ0v) is 21.5. The van der Waals surface area contributed by atoms with Crippen LogP contribution in [-0.4, -0.2) is 67.9 Å². The van der Waals surface area contributed by atoms with Crippen molar-refractivity contribution in [2.75, 3.05) is 30.8 Å². The van der Waals surface area contributed by atoms with Crippen molar-refractivity contribution >= 4 is 22.7 Å². The Labute approximate surface area is 226 Å². The number of benzene rings is 1. The minimum absolute atomic E-state index is 0.0584. The number of nitrogens with zero attached hydrogens (tertiary/aromatic N) is 6. The van der Waals surface area contributed by atoms with Crippen LogP contribution < -0.4 is 21.1 Å². The molecule has 1 fully saturated rings. The molecule has 0 saturated carbocycles. The summed E-state index contributed by atoms with van der Waals surface area (Å²) in [6.45, 7) is 0.578. The monoisotopic (exact) mass is 560 g/mol. The summed E-state index contributed by atoms with van der Waals surface area (Å²) >= 11 is 0. The molecule has 40 heavy (non-hydrogen) atoms. The van der Waals surface area contributed by atoms with E-state index in [2.05, 4.69) is 19.9 Å². The van der Waals surface area contributed by atoms with Crippen LogP contribution in [0.1, 0.15) is 30.4 Å². The van der Waals surface area contributed by atoms with Gasteiger partial charge >= 0.3 is 0 Å². The fourth-order valence-corrected chi connectivity index (χ4v) is 5.14. The first kappa shape index (κ1) is 27.5. The van der Waals surface area contributed by atoms with Gasteiger partial charge in [0.15, 0.2) is 11.5 Å². The third-order valence-electron chi connectivity index (χ3n) is 7.23. The highest BCUT2D eigenvalue weighted by molar-refractivity contribution is 5.81. The third kappa shape index (κ3) is 5.11. The van der Waals surface area contributed by atoms with Gasteiger partial charge in [0, 0.05) is 24.2 Å². The smallest absolute Gasteiger partial charge is 0.265 e. The Balaban J connectivity index is 1.61. The number of nitrogen functional groups attached to an aromatic ring is 1. The SMILES string of the molecule is COc1ccc(-c2cc(Cn3cnc4c(N)ncnc43)c(N3CCC[C@](N)([C@@H](O)C(F)F)C3)cn2)c(C(F)F)c1. The molecule has 1 saturated heterocycles. The number of hydrogen-bond donors (Lipinski definition) is 3. The first-order valence-corrected chi connectivity index (χ1v) is 12.5. The lowest BCUT2D eigenvalue weighted by molar-refractivity contribution is -0.0529. The van der Waals surface area contributed by atoms with Gasteiger partial charge in [-0.25, -0.2) is 32.5 Å². The number of piperidine rings is 1. The van der Waals surface area contributed by atoms with Gasteiger partial charge in [-0.2, -0.15) is 0 Å². The summed E-state index contributed by atoms with van der Waals surface area (Å²) in [5, 5.41) is 10.2. The van der Waals surface area contributed by atoms with Crippen LogP contribution in [0.4, 0.5) is 29.1 Å². The van der Waals surface area contributed by atoms with Crippen molar-refractivity contribution in [3.8, 4) is 17.0 Å². The molecule has 1 aliphatic heterocycles. The van der Waals surface area contributed by atoms with Crippen LogP contribution in [-0.2, 0) is 6.54 Å². The molecule has 0 amide bonds. The van der Waals surface area contributed by atoms with Crippen LogP contribution in [0.25, 0.3) is 22.4 Å². The van der Waals surface area contributed by atoms with Crippen molar-refractivity contribution in [2.45, 2.75) is 43.9 Å². The fourth-order valence-electron chi connectivity index (χ4n) is 5.14. The van der Waals surface area contributed by atoms with E-state index >= 15 is 0 Å². The number of nitrogens with two attached hydrogens (primary N) is 2. The maximum Gasteiger partial charge on any atom is 0.265 e.